The van der Waals surface area contributed by atoms with Crippen molar-refractivity contribution in [1.29, 1.82) is 0 Å². The first-order valence-electron chi connectivity index (χ1n) is 8.76. The van der Waals surface area contributed by atoms with Crippen molar-refractivity contribution in [2.45, 2.75) is 11.8 Å². The van der Waals surface area contributed by atoms with Crippen LogP contribution >= 0.6 is 0 Å². The van der Waals surface area contributed by atoms with Crippen LogP contribution in [0.3, 0.4) is 0 Å². The molecule has 3 heterocycles. The second-order valence-corrected chi connectivity index (χ2v) is 8.42. The van der Waals surface area contributed by atoms with Gasteiger partial charge in [0.15, 0.2) is 0 Å². The summed E-state index contributed by atoms with van der Waals surface area (Å²) in [7, 11) is -2.67. The Morgan fingerprint density at radius 3 is 2.83 bits per heavy atom. The van der Waals surface area contributed by atoms with E-state index < -0.39 is 15.8 Å². The predicted octanol–water partition coefficient (Wildman–Crippen LogP) is 3.43. The lowest BCUT2D eigenvalue weighted by Crippen LogP contribution is -2.23. The Kier molecular flexibility index (Phi) is 4.67. The minimum absolute atomic E-state index is 0.121. The van der Waals surface area contributed by atoms with Crippen LogP contribution in [-0.4, -0.2) is 40.5 Å². The predicted molar refractivity (Wildman–Crippen MR) is 109 cm³/mol. The summed E-state index contributed by atoms with van der Waals surface area (Å²) < 4.78 is 41.7. The fourth-order valence-corrected chi connectivity index (χ4v) is 4.15. The molecule has 4 rings (SSSR count). The molecule has 7 nitrogen and oxygen atoms in total. The highest BCUT2D eigenvalue weighted by Crippen LogP contribution is 2.21. The lowest BCUT2D eigenvalue weighted by Gasteiger charge is -2.15. The number of hydrazone groups is 1. The highest BCUT2D eigenvalue weighted by atomic mass is 32.2. The molecule has 0 aliphatic heterocycles. The number of aromatic nitrogens is 3. The Bertz CT molecular complexity index is 1310. The molecule has 0 spiro atoms. The summed E-state index contributed by atoms with van der Waals surface area (Å²) in [6.45, 7) is 1.61. The zero-order valence-electron chi connectivity index (χ0n) is 15.7. The molecule has 0 atom stereocenters. The number of nitrogens with one attached hydrogen (secondary N) is 1. The third-order valence-corrected chi connectivity index (χ3v) is 6.36. The number of imidazole rings is 1. The molecule has 1 aromatic carbocycles. The molecular weight excluding hydrogens is 393 g/mol. The van der Waals surface area contributed by atoms with E-state index in [9.17, 15) is 12.8 Å². The third-order valence-electron chi connectivity index (χ3n) is 4.57. The van der Waals surface area contributed by atoms with E-state index in [0.29, 0.717) is 16.9 Å². The van der Waals surface area contributed by atoms with E-state index in [-0.39, 0.29) is 4.90 Å². The number of pyridine rings is 1. The number of aromatic amines is 1. The lowest BCUT2D eigenvalue weighted by atomic mass is 10.2. The molecule has 3 aromatic heterocycles. The number of fused-ring (bicyclic) bond motifs is 1. The molecule has 1 N–H and O–H groups in total. The van der Waals surface area contributed by atoms with E-state index in [1.54, 1.807) is 13.1 Å². The molecule has 0 radical (unpaired) electrons. The number of rotatable bonds is 5. The van der Waals surface area contributed by atoms with Crippen LogP contribution in [0.15, 0.2) is 71.1 Å². The Hall–Kier alpha value is -3.46. The highest BCUT2D eigenvalue weighted by Gasteiger charge is 2.22. The Morgan fingerprint density at radius 1 is 1.24 bits per heavy atom. The first-order chi connectivity index (χ1) is 13.9. The van der Waals surface area contributed by atoms with Gasteiger partial charge < -0.3 is 4.98 Å². The van der Waals surface area contributed by atoms with Gasteiger partial charge in [0, 0.05) is 30.7 Å². The van der Waals surface area contributed by atoms with Gasteiger partial charge in [-0.2, -0.15) is 17.9 Å². The van der Waals surface area contributed by atoms with E-state index in [0.717, 1.165) is 21.7 Å². The van der Waals surface area contributed by atoms with Gasteiger partial charge in [0.25, 0.3) is 10.0 Å². The summed E-state index contributed by atoms with van der Waals surface area (Å²) in [4.78, 5) is 7.33. The average Bonchev–Trinajstić information content (AvgIpc) is 3.37. The summed E-state index contributed by atoms with van der Waals surface area (Å²) in [6, 6.07) is 11.3. The van der Waals surface area contributed by atoms with Gasteiger partial charge in [0.05, 0.1) is 23.0 Å². The van der Waals surface area contributed by atoms with Gasteiger partial charge in [-0.25, -0.2) is 9.37 Å². The van der Waals surface area contributed by atoms with Crippen molar-refractivity contribution < 1.29 is 12.8 Å². The molecule has 0 bridgehead atoms. The van der Waals surface area contributed by atoms with Crippen molar-refractivity contribution in [2.24, 2.45) is 5.10 Å². The van der Waals surface area contributed by atoms with Crippen molar-refractivity contribution in [2.75, 3.05) is 7.05 Å². The highest BCUT2D eigenvalue weighted by molar-refractivity contribution is 7.89. The Morgan fingerprint density at radius 2 is 2.07 bits per heavy atom. The molecule has 29 heavy (non-hydrogen) atoms. The number of nitrogens with zero attached hydrogens (tertiary/aromatic N) is 4. The van der Waals surface area contributed by atoms with Gasteiger partial charge >= 0.3 is 0 Å². The number of benzene rings is 1. The molecule has 148 valence electrons. The molecule has 0 fully saturated rings. The molecule has 0 saturated heterocycles. The zero-order chi connectivity index (χ0) is 20.6. The van der Waals surface area contributed by atoms with E-state index in [4.69, 9.17) is 0 Å². The topological polar surface area (TPSA) is 82.8 Å². The summed E-state index contributed by atoms with van der Waals surface area (Å²) in [5.41, 5.74) is 3.65. The van der Waals surface area contributed by atoms with Gasteiger partial charge in [0.2, 0.25) is 0 Å². The van der Waals surface area contributed by atoms with Crippen LogP contribution in [0.25, 0.3) is 16.9 Å². The number of hydrogen-bond acceptors (Lipinski definition) is 4. The summed E-state index contributed by atoms with van der Waals surface area (Å²) in [6.07, 6.45) is 6.74. The summed E-state index contributed by atoms with van der Waals surface area (Å²) >= 11 is 0. The monoisotopic (exact) mass is 411 g/mol. The average molecular weight is 411 g/mol. The van der Waals surface area contributed by atoms with Gasteiger partial charge in [-0.15, -0.1) is 0 Å². The van der Waals surface area contributed by atoms with Crippen LogP contribution in [0.2, 0.25) is 0 Å². The maximum Gasteiger partial charge on any atom is 0.279 e. The molecule has 0 saturated carbocycles. The second kappa shape index (κ2) is 7.17. The van der Waals surface area contributed by atoms with E-state index in [1.807, 2.05) is 41.1 Å². The molecule has 4 aromatic rings. The van der Waals surface area contributed by atoms with Crippen LogP contribution in [0.1, 0.15) is 11.3 Å². The molecular formula is C20H18FN5O2S. The van der Waals surface area contributed by atoms with Crippen LogP contribution in [0, 0.1) is 12.7 Å². The molecule has 0 unspecified atom stereocenters. The van der Waals surface area contributed by atoms with Crippen molar-refractivity contribution in [3.8, 4) is 11.3 Å². The minimum atomic E-state index is -3.98. The van der Waals surface area contributed by atoms with Gasteiger partial charge in [-0.1, -0.05) is 6.07 Å². The molecule has 9 heteroatoms. The van der Waals surface area contributed by atoms with Crippen molar-refractivity contribution >= 4 is 21.9 Å². The van der Waals surface area contributed by atoms with Crippen molar-refractivity contribution in [3.05, 3.63) is 78.1 Å². The SMILES string of the molecule is Cc1ccc(F)cc1S(=O)(=O)N(C)/N=C/c1cnc2ccc(-c3ccc[nH]3)cn12. The van der Waals surface area contributed by atoms with Gasteiger partial charge in [0.1, 0.15) is 11.5 Å². The standard InChI is InChI=1S/C20H18FN5O2S/c1-14-5-7-16(21)10-19(14)29(27,28)25(2)24-12-17-11-23-20-8-6-15(13-26(17)20)18-4-3-9-22-18/h3-13,22H,1-2H3/b24-12+. The quantitative estimate of drug-likeness (QED) is 0.403. The normalized spacial score (nSPS) is 12.1. The second-order valence-electron chi connectivity index (χ2n) is 6.51. The largest absolute Gasteiger partial charge is 0.361 e. The number of hydrogen-bond donors (Lipinski definition) is 1. The maximum atomic E-state index is 13.5. The number of H-pyrrole nitrogens is 1. The van der Waals surface area contributed by atoms with Gasteiger partial charge in [-0.05, 0) is 48.9 Å². The minimum Gasteiger partial charge on any atom is -0.361 e. The number of aryl methyl sites for hydroxylation is 1. The fraction of sp³-hybridized carbons (Fsp3) is 0.100. The maximum absolute atomic E-state index is 13.5. The lowest BCUT2D eigenvalue weighted by molar-refractivity contribution is 0.489. The molecule has 0 amide bonds. The molecule has 0 aliphatic rings. The third kappa shape index (κ3) is 3.52. The summed E-state index contributed by atoms with van der Waals surface area (Å²) in [5.74, 6) is -0.620. The number of halogens is 1. The van der Waals surface area contributed by atoms with Crippen molar-refractivity contribution in [1.82, 2.24) is 18.8 Å². The van der Waals surface area contributed by atoms with E-state index in [2.05, 4.69) is 15.1 Å². The van der Waals surface area contributed by atoms with E-state index in [1.165, 1.54) is 25.4 Å². The Balaban J connectivity index is 1.67. The first kappa shape index (κ1) is 18.9. The van der Waals surface area contributed by atoms with Crippen LogP contribution in [-0.2, 0) is 10.0 Å². The smallest absolute Gasteiger partial charge is 0.279 e. The van der Waals surface area contributed by atoms with Crippen LogP contribution in [0.5, 0.6) is 0 Å². The Labute approximate surface area is 167 Å². The zero-order valence-corrected chi connectivity index (χ0v) is 16.6. The van der Waals surface area contributed by atoms with E-state index >= 15 is 0 Å². The fourth-order valence-electron chi connectivity index (χ4n) is 2.96. The first-order valence-corrected chi connectivity index (χ1v) is 10.2. The molecule has 0 aliphatic carbocycles. The van der Waals surface area contributed by atoms with Crippen LogP contribution in [0.4, 0.5) is 4.39 Å². The van der Waals surface area contributed by atoms with Crippen LogP contribution < -0.4 is 0 Å². The van der Waals surface area contributed by atoms with Gasteiger partial charge in [-0.3, -0.25) is 4.40 Å². The number of sulfonamides is 1. The van der Waals surface area contributed by atoms with Crippen molar-refractivity contribution in [3.63, 3.8) is 0 Å². The summed E-state index contributed by atoms with van der Waals surface area (Å²) in [5, 5.41) is 4.06.